The molecule has 72 valence electrons. The van der Waals surface area contributed by atoms with Gasteiger partial charge in [0.2, 0.25) is 0 Å². The first-order chi connectivity index (χ1) is 6.77. The average molecular weight is 208 g/mol. The highest BCUT2D eigenvalue weighted by atomic mass is 32.1. The number of hydrogen-bond acceptors (Lipinski definition) is 3. The Kier molecular flexibility index (Phi) is 2.37. The van der Waals surface area contributed by atoms with Crippen molar-refractivity contribution in [3.8, 4) is 5.75 Å². The zero-order chi connectivity index (χ0) is 9.97. The number of ether oxygens (including phenoxy) is 1. The van der Waals surface area contributed by atoms with Gasteiger partial charge in [-0.05, 0) is 22.9 Å². The van der Waals surface area contributed by atoms with Crippen molar-refractivity contribution < 1.29 is 14.6 Å². The minimum absolute atomic E-state index is 0.295. The predicted molar refractivity (Wildman–Crippen MR) is 55.0 cm³/mol. The molecule has 0 aliphatic heterocycles. The number of fused-ring (bicyclic) bond motifs is 1. The third-order valence-corrected chi connectivity index (χ3v) is 2.74. The molecule has 0 radical (unpaired) electrons. The molecule has 0 saturated heterocycles. The van der Waals surface area contributed by atoms with Crippen molar-refractivity contribution >= 4 is 27.4 Å². The fourth-order valence-corrected chi connectivity index (χ4v) is 2.08. The van der Waals surface area contributed by atoms with Gasteiger partial charge >= 0.3 is 5.97 Å². The number of thiophene rings is 1. The van der Waals surface area contributed by atoms with Gasteiger partial charge in [-0.1, -0.05) is 12.1 Å². The molecule has 0 unspecified atom stereocenters. The van der Waals surface area contributed by atoms with Crippen LogP contribution in [0.15, 0.2) is 29.6 Å². The average Bonchev–Trinajstić information content (AvgIpc) is 2.62. The van der Waals surface area contributed by atoms with Crippen LogP contribution in [0.25, 0.3) is 10.1 Å². The summed E-state index contributed by atoms with van der Waals surface area (Å²) in [6, 6.07) is 7.58. The number of aliphatic carboxylic acids is 1. The van der Waals surface area contributed by atoms with Gasteiger partial charge in [0.1, 0.15) is 5.75 Å². The number of carboxylic acids is 1. The van der Waals surface area contributed by atoms with E-state index in [1.165, 1.54) is 0 Å². The van der Waals surface area contributed by atoms with Gasteiger partial charge in [0, 0.05) is 0 Å². The molecule has 3 nitrogen and oxygen atoms in total. The minimum Gasteiger partial charge on any atom is -0.480 e. The minimum atomic E-state index is -0.960. The first-order valence-corrected chi connectivity index (χ1v) is 4.96. The molecule has 1 N–H and O–H groups in total. The van der Waals surface area contributed by atoms with Crippen LogP contribution in [-0.2, 0) is 4.79 Å². The number of carbonyl (C=O) groups is 1. The molecule has 0 aliphatic rings. The molecule has 0 saturated carbocycles. The molecule has 1 heterocycles. The highest BCUT2D eigenvalue weighted by Crippen LogP contribution is 2.30. The van der Waals surface area contributed by atoms with E-state index in [-0.39, 0.29) is 6.61 Å². The number of rotatable bonds is 3. The summed E-state index contributed by atoms with van der Waals surface area (Å²) in [6.45, 7) is -0.295. The second kappa shape index (κ2) is 3.67. The van der Waals surface area contributed by atoms with Gasteiger partial charge < -0.3 is 9.84 Å². The molecule has 0 amide bonds. The lowest BCUT2D eigenvalue weighted by molar-refractivity contribution is -0.139. The Labute approximate surface area is 84.6 Å². The van der Waals surface area contributed by atoms with Gasteiger partial charge in [-0.25, -0.2) is 4.79 Å². The summed E-state index contributed by atoms with van der Waals surface area (Å²) in [5.41, 5.74) is 0. The molecule has 0 bridgehead atoms. The smallest absolute Gasteiger partial charge is 0.341 e. The van der Waals surface area contributed by atoms with Gasteiger partial charge in [0.15, 0.2) is 6.61 Å². The third-order valence-electron chi connectivity index (χ3n) is 1.79. The Hall–Kier alpha value is -1.55. The van der Waals surface area contributed by atoms with Gasteiger partial charge in [-0.2, -0.15) is 0 Å². The van der Waals surface area contributed by atoms with E-state index in [9.17, 15) is 4.79 Å². The second-order valence-corrected chi connectivity index (χ2v) is 3.69. The van der Waals surface area contributed by atoms with Crippen LogP contribution in [0.4, 0.5) is 0 Å². The maximum Gasteiger partial charge on any atom is 0.341 e. The monoisotopic (exact) mass is 208 g/mol. The van der Waals surface area contributed by atoms with E-state index in [0.717, 1.165) is 10.1 Å². The van der Waals surface area contributed by atoms with Gasteiger partial charge in [-0.3, -0.25) is 0 Å². The van der Waals surface area contributed by atoms with Crippen LogP contribution >= 0.6 is 11.3 Å². The first kappa shape index (κ1) is 9.02. The predicted octanol–water partition coefficient (Wildman–Crippen LogP) is 2.36. The van der Waals surface area contributed by atoms with E-state index in [1.807, 2.05) is 23.6 Å². The summed E-state index contributed by atoms with van der Waals surface area (Å²) in [5, 5.41) is 11.5. The fourth-order valence-electron chi connectivity index (χ4n) is 1.22. The SMILES string of the molecule is O=C(O)COc1cccc2ccsc12. The van der Waals surface area contributed by atoms with E-state index >= 15 is 0 Å². The quantitative estimate of drug-likeness (QED) is 0.842. The van der Waals surface area contributed by atoms with Crippen LogP contribution < -0.4 is 4.74 Å². The van der Waals surface area contributed by atoms with Crippen LogP contribution in [0.2, 0.25) is 0 Å². The Bertz CT molecular complexity index is 461. The van der Waals surface area contributed by atoms with Gasteiger partial charge in [0.25, 0.3) is 0 Å². The highest BCUT2D eigenvalue weighted by Gasteiger charge is 2.04. The highest BCUT2D eigenvalue weighted by molar-refractivity contribution is 7.17. The normalized spacial score (nSPS) is 10.3. The first-order valence-electron chi connectivity index (χ1n) is 4.08. The zero-order valence-corrected chi connectivity index (χ0v) is 8.08. The Morgan fingerprint density at radius 2 is 2.29 bits per heavy atom. The maximum absolute atomic E-state index is 10.3. The van der Waals surface area contributed by atoms with E-state index in [2.05, 4.69) is 0 Å². The molecule has 0 atom stereocenters. The number of benzene rings is 1. The molecule has 1 aromatic carbocycles. The third kappa shape index (κ3) is 1.70. The molecule has 1 aromatic heterocycles. The topological polar surface area (TPSA) is 46.5 Å². The van der Waals surface area contributed by atoms with Crippen molar-refractivity contribution in [2.45, 2.75) is 0 Å². The van der Waals surface area contributed by atoms with Crippen molar-refractivity contribution in [1.29, 1.82) is 0 Å². The zero-order valence-electron chi connectivity index (χ0n) is 7.27. The maximum atomic E-state index is 10.3. The van der Waals surface area contributed by atoms with Crippen LogP contribution in [0.5, 0.6) is 5.75 Å². The summed E-state index contributed by atoms with van der Waals surface area (Å²) >= 11 is 1.55. The number of hydrogen-bond donors (Lipinski definition) is 1. The van der Waals surface area contributed by atoms with E-state index in [0.29, 0.717) is 5.75 Å². The lowest BCUT2D eigenvalue weighted by atomic mass is 10.2. The Morgan fingerprint density at radius 3 is 3.07 bits per heavy atom. The van der Waals surface area contributed by atoms with Crippen molar-refractivity contribution in [3.63, 3.8) is 0 Å². The van der Waals surface area contributed by atoms with Crippen LogP contribution in [0.1, 0.15) is 0 Å². The standard InChI is InChI=1S/C10H8O3S/c11-9(12)6-13-8-3-1-2-7-4-5-14-10(7)8/h1-5H,6H2,(H,11,12). The van der Waals surface area contributed by atoms with E-state index in [4.69, 9.17) is 9.84 Å². The molecule has 2 rings (SSSR count). The van der Waals surface area contributed by atoms with E-state index < -0.39 is 5.97 Å². The Morgan fingerprint density at radius 1 is 1.43 bits per heavy atom. The lowest BCUT2D eigenvalue weighted by Crippen LogP contribution is -2.09. The van der Waals surface area contributed by atoms with Gasteiger partial charge in [-0.15, -0.1) is 11.3 Å². The fraction of sp³-hybridized carbons (Fsp3) is 0.100. The molecule has 0 spiro atoms. The van der Waals surface area contributed by atoms with Crippen molar-refractivity contribution in [2.75, 3.05) is 6.61 Å². The van der Waals surface area contributed by atoms with E-state index in [1.54, 1.807) is 17.4 Å². The van der Waals surface area contributed by atoms with Crippen LogP contribution in [-0.4, -0.2) is 17.7 Å². The Balaban J connectivity index is 2.32. The molecular weight excluding hydrogens is 200 g/mol. The molecule has 4 heteroatoms. The summed E-state index contributed by atoms with van der Waals surface area (Å²) < 4.78 is 6.14. The summed E-state index contributed by atoms with van der Waals surface area (Å²) in [5.74, 6) is -0.321. The van der Waals surface area contributed by atoms with Crippen LogP contribution in [0.3, 0.4) is 0 Å². The summed E-state index contributed by atoms with van der Waals surface area (Å²) in [7, 11) is 0. The molecule has 0 aliphatic carbocycles. The summed E-state index contributed by atoms with van der Waals surface area (Å²) in [6.07, 6.45) is 0. The molecular formula is C10H8O3S. The van der Waals surface area contributed by atoms with Gasteiger partial charge in [0.05, 0.1) is 4.70 Å². The second-order valence-electron chi connectivity index (χ2n) is 2.78. The summed E-state index contributed by atoms with van der Waals surface area (Å²) in [4.78, 5) is 10.3. The van der Waals surface area contributed by atoms with Crippen molar-refractivity contribution in [1.82, 2.24) is 0 Å². The molecule has 14 heavy (non-hydrogen) atoms. The molecule has 0 fully saturated rings. The van der Waals surface area contributed by atoms with Crippen LogP contribution in [0, 0.1) is 0 Å². The van der Waals surface area contributed by atoms with Crippen molar-refractivity contribution in [3.05, 3.63) is 29.6 Å². The van der Waals surface area contributed by atoms with Crippen molar-refractivity contribution in [2.24, 2.45) is 0 Å². The number of carboxylic acid groups (broad SMARTS) is 1. The largest absolute Gasteiger partial charge is 0.480 e. The lowest BCUT2D eigenvalue weighted by Gasteiger charge is -2.03. The molecule has 2 aromatic rings.